The minimum Gasteiger partial charge on any atom is -0.335 e. The number of aryl methyl sites for hydroxylation is 1. The Morgan fingerprint density at radius 1 is 1.35 bits per heavy atom. The maximum atomic E-state index is 12.4. The van der Waals surface area contributed by atoms with Crippen molar-refractivity contribution in [3.8, 4) is 0 Å². The summed E-state index contributed by atoms with van der Waals surface area (Å²) in [6.07, 6.45) is 1.61. The maximum absolute atomic E-state index is 12.4. The number of amides is 1. The largest absolute Gasteiger partial charge is 0.335 e. The second-order valence-electron chi connectivity index (χ2n) is 3.85. The molecule has 1 aromatic heterocycles. The highest BCUT2D eigenvalue weighted by molar-refractivity contribution is 5.92. The van der Waals surface area contributed by atoms with Crippen LogP contribution < -0.4 is 0 Å². The number of carbonyl (C=O) groups excluding carboxylic acids is 1. The molecule has 1 aromatic rings. The number of carbonyl (C=O) groups is 1. The van der Waals surface area contributed by atoms with Gasteiger partial charge in [-0.1, -0.05) is 19.9 Å². The number of hydrogen-bond donors (Lipinski definition) is 0. The SMILES string of the molecule is CCCN(CCF)C(=O)c1cccc(CC)n1. The minimum atomic E-state index is -0.515. The van der Waals surface area contributed by atoms with E-state index in [1.54, 1.807) is 6.07 Å². The molecule has 0 radical (unpaired) electrons. The van der Waals surface area contributed by atoms with Crippen molar-refractivity contribution in [2.75, 3.05) is 19.8 Å². The molecule has 0 aliphatic heterocycles. The molecule has 94 valence electrons. The first-order chi connectivity index (χ1) is 8.22. The van der Waals surface area contributed by atoms with Gasteiger partial charge in [0.25, 0.3) is 5.91 Å². The maximum Gasteiger partial charge on any atom is 0.272 e. The fourth-order valence-corrected chi connectivity index (χ4v) is 1.64. The minimum absolute atomic E-state index is 0.144. The Balaban J connectivity index is 2.84. The molecule has 0 saturated carbocycles. The van der Waals surface area contributed by atoms with E-state index in [4.69, 9.17) is 0 Å². The van der Waals surface area contributed by atoms with E-state index in [9.17, 15) is 9.18 Å². The van der Waals surface area contributed by atoms with Crippen molar-refractivity contribution < 1.29 is 9.18 Å². The lowest BCUT2D eigenvalue weighted by Crippen LogP contribution is -2.34. The molecule has 0 unspecified atom stereocenters. The third-order valence-corrected chi connectivity index (χ3v) is 2.52. The lowest BCUT2D eigenvalue weighted by molar-refractivity contribution is 0.0738. The van der Waals surface area contributed by atoms with Gasteiger partial charge in [-0.15, -0.1) is 0 Å². The average Bonchev–Trinajstić information content (AvgIpc) is 2.38. The zero-order valence-corrected chi connectivity index (χ0v) is 10.4. The van der Waals surface area contributed by atoms with E-state index in [1.165, 1.54) is 4.90 Å². The van der Waals surface area contributed by atoms with Crippen molar-refractivity contribution in [1.82, 2.24) is 9.88 Å². The average molecular weight is 238 g/mol. The van der Waals surface area contributed by atoms with Crippen LogP contribution in [0, 0.1) is 0 Å². The summed E-state index contributed by atoms with van der Waals surface area (Å²) in [6.45, 7) is 4.15. The van der Waals surface area contributed by atoms with Gasteiger partial charge in [-0.3, -0.25) is 4.79 Å². The quantitative estimate of drug-likeness (QED) is 0.762. The molecule has 0 fully saturated rings. The fourth-order valence-electron chi connectivity index (χ4n) is 1.64. The zero-order chi connectivity index (χ0) is 12.7. The van der Waals surface area contributed by atoms with E-state index < -0.39 is 6.67 Å². The Bertz CT molecular complexity index is 362. The van der Waals surface area contributed by atoms with Crippen molar-refractivity contribution in [2.45, 2.75) is 26.7 Å². The van der Waals surface area contributed by atoms with Crippen molar-refractivity contribution >= 4 is 5.91 Å². The van der Waals surface area contributed by atoms with Gasteiger partial charge in [-0.25, -0.2) is 9.37 Å². The molecule has 0 aliphatic rings. The number of pyridine rings is 1. The van der Waals surface area contributed by atoms with Crippen LogP contribution in [0.1, 0.15) is 36.5 Å². The van der Waals surface area contributed by atoms with E-state index in [0.29, 0.717) is 12.2 Å². The third-order valence-electron chi connectivity index (χ3n) is 2.52. The van der Waals surface area contributed by atoms with Crippen LogP contribution in [0.25, 0.3) is 0 Å². The molecule has 0 N–H and O–H groups in total. The molecule has 1 amide bonds. The Morgan fingerprint density at radius 2 is 2.12 bits per heavy atom. The normalized spacial score (nSPS) is 10.3. The Kier molecular flexibility index (Phi) is 5.60. The van der Waals surface area contributed by atoms with Gasteiger partial charge in [-0.05, 0) is 25.0 Å². The highest BCUT2D eigenvalue weighted by Gasteiger charge is 2.15. The second-order valence-corrected chi connectivity index (χ2v) is 3.85. The predicted octanol–water partition coefficient (Wildman–Crippen LogP) is 2.47. The number of rotatable bonds is 6. The molecule has 0 aliphatic carbocycles. The fraction of sp³-hybridized carbons (Fsp3) is 0.538. The first kappa shape index (κ1) is 13.6. The van der Waals surface area contributed by atoms with Crippen LogP contribution in [0.2, 0.25) is 0 Å². The number of halogens is 1. The summed E-state index contributed by atoms with van der Waals surface area (Å²) in [6, 6.07) is 5.39. The van der Waals surface area contributed by atoms with Crippen LogP contribution >= 0.6 is 0 Å². The number of aromatic nitrogens is 1. The van der Waals surface area contributed by atoms with E-state index in [2.05, 4.69) is 4.98 Å². The van der Waals surface area contributed by atoms with Crippen molar-refractivity contribution in [3.05, 3.63) is 29.6 Å². The van der Waals surface area contributed by atoms with Crippen LogP contribution in [-0.2, 0) is 6.42 Å². The third kappa shape index (κ3) is 3.80. The zero-order valence-electron chi connectivity index (χ0n) is 10.4. The molecule has 1 heterocycles. The van der Waals surface area contributed by atoms with Gasteiger partial charge >= 0.3 is 0 Å². The Labute approximate surface area is 102 Å². The summed E-state index contributed by atoms with van der Waals surface area (Å²) in [5.41, 5.74) is 1.29. The van der Waals surface area contributed by atoms with E-state index in [0.717, 1.165) is 18.5 Å². The molecule has 0 bridgehead atoms. The second kappa shape index (κ2) is 6.99. The smallest absolute Gasteiger partial charge is 0.272 e. The van der Waals surface area contributed by atoms with E-state index in [1.807, 2.05) is 26.0 Å². The van der Waals surface area contributed by atoms with Gasteiger partial charge in [0.1, 0.15) is 12.4 Å². The number of hydrogen-bond acceptors (Lipinski definition) is 2. The van der Waals surface area contributed by atoms with Crippen molar-refractivity contribution in [2.24, 2.45) is 0 Å². The molecular formula is C13H19FN2O. The summed E-state index contributed by atoms with van der Waals surface area (Å²) in [4.78, 5) is 17.9. The molecule has 17 heavy (non-hydrogen) atoms. The van der Waals surface area contributed by atoms with Gasteiger partial charge in [0.15, 0.2) is 0 Å². The Morgan fingerprint density at radius 3 is 2.71 bits per heavy atom. The molecule has 0 aromatic carbocycles. The summed E-state index contributed by atoms with van der Waals surface area (Å²) in [7, 11) is 0. The monoisotopic (exact) mass is 238 g/mol. The van der Waals surface area contributed by atoms with Crippen LogP contribution in [0.15, 0.2) is 18.2 Å². The highest BCUT2D eigenvalue weighted by Crippen LogP contribution is 2.05. The van der Waals surface area contributed by atoms with E-state index >= 15 is 0 Å². The molecule has 0 spiro atoms. The summed E-state index contributed by atoms with van der Waals surface area (Å²) in [5.74, 6) is -0.181. The van der Waals surface area contributed by atoms with Gasteiger partial charge in [-0.2, -0.15) is 0 Å². The van der Waals surface area contributed by atoms with Gasteiger partial charge in [0.2, 0.25) is 0 Å². The van der Waals surface area contributed by atoms with Gasteiger partial charge in [0, 0.05) is 18.8 Å². The highest BCUT2D eigenvalue weighted by atomic mass is 19.1. The van der Waals surface area contributed by atoms with Crippen LogP contribution in [0.3, 0.4) is 0 Å². The summed E-state index contributed by atoms with van der Waals surface area (Å²) in [5, 5.41) is 0. The predicted molar refractivity (Wildman–Crippen MR) is 65.8 cm³/mol. The number of nitrogens with zero attached hydrogens (tertiary/aromatic N) is 2. The molecule has 1 rings (SSSR count). The topological polar surface area (TPSA) is 33.2 Å². The van der Waals surface area contributed by atoms with Crippen LogP contribution in [0.5, 0.6) is 0 Å². The molecule has 4 heteroatoms. The first-order valence-corrected chi connectivity index (χ1v) is 6.04. The molecule has 3 nitrogen and oxygen atoms in total. The molecule has 0 saturated heterocycles. The van der Waals surface area contributed by atoms with Crippen molar-refractivity contribution in [1.29, 1.82) is 0 Å². The van der Waals surface area contributed by atoms with Gasteiger partial charge < -0.3 is 4.90 Å². The first-order valence-electron chi connectivity index (χ1n) is 6.04. The van der Waals surface area contributed by atoms with Gasteiger partial charge in [0.05, 0.1) is 0 Å². The lowest BCUT2D eigenvalue weighted by atomic mass is 10.2. The summed E-state index contributed by atoms with van der Waals surface area (Å²) < 4.78 is 12.4. The standard InChI is InChI=1S/C13H19FN2O/c1-3-9-16(10-8-14)13(17)12-7-5-6-11(4-2)15-12/h5-7H,3-4,8-10H2,1-2H3. The van der Waals surface area contributed by atoms with E-state index in [-0.39, 0.29) is 12.5 Å². The molecule has 0 atom stereocenters. The molecular weight excluding hydrogens is 219 g/mol. The van der Waals surface area contributed by atoms with Crippen LogP contribution in [0.4, 0.5) is 4.39 Å². The summed E-state index contributed by atoms with van der Waals surface area (Å²) >= 11 is 0. The number of alkyl halides is 1. The van der Waals surface area contributed by atoms with Crippen LogP contribution in [-0.4, -0.2) is 35.6 Å². The van der Waals surface area contributed by atoms with Crippen molar-refractivity contribution in [3.63, 3.8) is 0 Å². The Hall–Kier alpha value is -1.45. The lowest BCUT2D eigenvalue weighted by Gasteiger charge is -2.20.